The summed E-state index contributed by atoms with van der Waals surface area (Å²) in [5.41, 5.74) is 8.14. The minimum absolute atomic E-state index is 0.847. The summed E-state index contributed by atoms with van der Waals surface area (Å²) in [5.74, 6) is 0. The maximum atomic E-state index is 4.59. The van der Waals surface area contributed by atoms with Crippen LogP contribution >= 0.6 is 0 Å². The normalized spacial score (nSPS) is 11.7. The molecule has 0 amide bonds. The van der Waals surface area contributed by atoms with E-state index in [0.717, 1.165) is 24.3 Å². The predicted octanol–water partition coefficient (Wildman–Crippen LogP) is 5.04. The van der Waals surface area contributed by atoms with Crippen molar-refractivity contribution in [1.29, 1.82) is 0 Å². The van der Waals surface area contributed by atoms with Crippen molar-refractivity contribution in [3.63, 3.8) is 0 Å². The van der Waals surface area contributed by atoms with Gasteiger partial charge < -0.3 is 4.57 Å². The summed E-state index contributed by atoms with van der Waals surface area (Å²) in [7, 11) is 0. The third kappa shape index (κ3) is 2.34. The van der Waals surface area contributed by atoms with Gasteiger partial charge in [-0.1, -0.05) is 18.2 Å². The maximum absolute atomic E-state index is 4.59. The van der Waals surface area contributed by atoms with Gasteiger partial charge in [-0.05, 0) is 61.7 Å². The van der Waals surface area contributed by atoms with E-state index in [1.54, 1.807) is 12.4 Å². The number of pyridine rings is 1. The molecular weight excluding hydrogens is 344 g/mol. The number of hydrogen-bond donors (Lipinski definition) is 0. The summed E-state index contributed by atoms with van der Waals surface area (Å²) in [5, 5.41) is 2.64. The number of fused-ring (bicyclic) bond motifs is 4. The number of hydrogen-bond acceptors (Lipinski definition) is 2. The van der Waals surface area contributed by atoms with Gasteiger partial charge in [0.25, 0.3) is 0 Å². The fraction of sp³-hybridized carbons (Fsp3) is 0.208. The van der Waals surface area contributed by atoms with Gasteiger partial charge in [0.05, 0.1) is 12.7 Å². The molecule has 0 aliphatic heterocycles. The Kier molecular flexibility index (Phi) is 3.86. The molecule has 0 spiro atoms. The van der Waals surface area contributed by atoms with Crippen LogP contribution in [0, 0.1) is 6.92 Å². The zero-order valence-electron chi connectivity index (χ0n) is 16.5. The first-order valence-electron chi connectivity index (χ1n) is 9.88. The Hall–Kier alpha value is -3.27. The minimum Gasteiger partial charge on any atom is -0.341 e. The van der Waals surface area contributed by atoms with Crippen LogP contribution in [0.3, 0.4) is 0 Å². The fourth-order valence-electron chi connectivity index (χ4n) is 4.40. The lowest BCUT2D eigenvalue weighted by molar-refractivity contribution is -0.658. The zero-order valence-corrected chi connectivity index (χ0v) is 16.5. The van der Waals surface area contributed by atoms with E-state index >= 15 is 0 Å². The Bertz CT molecular complexity index is 1350. The molecule has 0 radical (unpaired) electrons. The summed E-state index contributed by atoms with van der Waals surface area (Å²) in [6.45, 7) is 8.37. The molecule has 0 saturated heterocycles. The molecule has 138 valence electrons. The molecule has 5 aromatic rings. The van der Waals surface area contributed by atoms with Gasteiger partial charge in [-0.2, -0.15) is 0 Å². The third-order valence-electron chi connectivity index (χ3n) is 5.68. The van der Waals surface area contributed by atoms with Gasteiger partial charge in [-0.25, -0.2) is 9.55 Å². The van der Waals surface area contributed by atoms with Gasteiger partial charge in [0.15, 0.2) is 11.7 Å². The molecule has 4 nitrogen and oxygen atoms in total. The second-order valence-corrected chi connectivity index (χ2v) is 7.17. The van der Waals surface area contributed by atoms with Crippen molar-refractivity contribution in [2.24, 2.45) is 0 Å². The standard InChI is InChI=1S/C24H23N4/c1-4-27-21-9-7-6-8-17(21)19-14-16(3)18(15-23(19)27)22-11-10-20-24(28(22)5-2)26-13-12-25-20/h6-15H,4-5H2,1-3H3/q+1. The van der Waals surface area contributed by atoms with Gasteiger partial charge in [0.1, 0.15) is 5.69 Å². The Labute approximate surface area is 164 Å². The van der Waals surface area contributed by atoms with Crippen LogP contribution in [0.25, 0.3) is 44.2 Å². The SMILES string of the molecule is CCn1c2ccccc2c2cc(C)c(-c3ccc4nccnc4[n+]3CC)cc21. The van der Waals surface area contributed by atoms with Gasteiger partial charge >= 0.3 is 5.65 Å². The monoisotopic (exact) mass is 367 g/mol. The second kappa shape index (κ2) is 6.41. The molecule has 0 N–H and O–H groups in total. The van der Waals surface area contributed by atoms with Crippen LogP contribution in [-0.4, -0.2) is 14.5 Å². The molecule has 0 unspecified atom stereocenters. The maximum Gasteiger partial charge on any atom is 0.349 e. The highest BCUT2D eigenvalue weighted by atomic mass is 15.0. The molecule has 0 fully saturated rings. The van der Waals surface area contributed by atoms with E-state index in [2.05, 4.69) is 88.4 Å². The van der Waals surface area contributed by atoms with Gasteiger partial charge in [0, 0.05) is 33.9 Å². The molecule has 2 aromatic carbocycles. The zero-order chi connectivity index (χ0) is 19.3. The largest absolute Gasteiger partial charge is 0.349 e. The molecular formula is C24H23N4+. The summed E-state index contributed by atoms with van der Waals surface area (Å²) in [6, 6.07) is 17.6. The van der Waals surface area contributed by atoms with Crippen LogP contribution in [0.15, 0.2) is 60.9 Å². The van der Waals surface area contributed by atoms with E-state index in [1.165, 1.54) is 38.6 Å². The molecule has 4 heteroatoms. The van der Waals surface area contributed by atoms with Crippen molar-refractivity contribution in [1.82, 2.24) is 14.5 Å². The number of aryl methyl sites for hydroxylation is 3. The summed E-state index contributed by atoms with van der Waals surface area (Å²) in [4.78, 5) is 9.06. The van der Waals surface area contributed by atoms with E-state index < -0.39 is 0 Å². The van der Waals surface area contributed by atoms with E-state index in [0.29, 0.717) is 0 Å². The number of rotatable bonds is 3. The molecule has 28 heavy (non-hydrogen) atoms. The number of nitrogens with zero attached hydrogens (tertiary/aromatic N) is 4. The molecule has 0 saturated carbocycles. The highest BCUT2D eigenvalue weighted by molar-refractivity contribution is 6.09. The van der Waals surface area contributed by atoms with E-state index in [4.69, 9.17) is 0 Å². The molecule has 5 rings (SSSR count). The average molecular weight is 367 g/mol. The molecule has 3 heterocycles. The Morgan fingerprint density at radius 3 is 2.54 bits per heavy atom. The first-order chi connectivity index (χ1) is 13.7. The van der Waals surface area contributed by atoms with E-state index in [-0.39, 0.29) is 0 Å². The lowest BCUT2D eigenvalue weighted by atomic mass is 10.0. The number of para-hydroxylation sites is 1. The fourth-order valence-corrected chi connectivity index (χ4v) is 4.40. The van der Waals surface area contributed by atoms with Crippen molar-refractivity contribution in [3.8, 4) is 11.3 Å². The van der Waals surface area contributed by atoms with Crippen molar-refractivity contribution in [3.05, 3.63) is 66.5 Å². The summed E-state index contributed by atoms with van der Waals surface area (Å²) < 4.78 is 4.67. The third-order valence-corrected chi connectivity index (χ3v) is 5.68. The average Bonchev–Trinajstić information content (AvgIpc) is 3.05. The van der Waals surface area contributed by atoms with Crippen LogP contribution < -0.4 is 4.57 Å². The first kappa shape index (κ1) is 16.9. The van der Waals surface area contributed by atoms with Crippen LogP contribution in [0.1, 0.15) is 19.4 Å². The smallest absolute Gasteiger partial charge is 0.341 e. The van der Waals surface area contributed by atoms with Gasteiger partial charge in [0.2, 0.25) is 0 Å². The van der Waals surface area contributed by atoms with Gasteiger partial charge in [-0.15, -0.1) is 0 Å². The molecule has 0 aliphatic rings. The van der Waals surface area contributed by atoms with Crippen molar-refractivity contribution in [2.45, 2.75) is 33.9 Å². The molecule has 0 bridgehead atoms. The van der Waals surface area contributed by atoms with Crippen molar-refractivity contribution in [2.75, 3.05) is 0 Å². The van der Waals surface area contributed by atoms with Gasteiger partial charge in [-0.3, -0.25) is 0 Å². The second-order valence-electron chi connectivity index (χ2n) is 7.17. The summed E-state index contributed by atoms with van der Waals surface area (Å²) >= 11 is 0. The van der Waals surface area contributed by atoms with Crippen LogP contribution in [0.4, 0.5) is 0 Å². The summed E-state index contributed by atoms with van der Waals surface area (Å²) in [6.07, 6.45) is 3.52. The Morgan fingerprint density at radius 2 is 1.71 bits per heavy atom. The number of aromatic nitrogens is 4. The molecule has 0 atom stereocenters. The van der Waals surface area contributed by atoms with Crippen LogP contribution in [-0.2, 0) is 13.1 Å². The molecule has 3 aromatic heterocycles. The quantitative estimate of drug-likeness (QED) is 0.419. The van der Waals surface area contributed by atoms with E-state index in [9.17, 15) is 0 Å². The lowest BCUT2D eigenvalue weighted by Gasteiger charge is -2.11. The van der Waals surface area contributed by atoms with Crippen molar-refractivity contribution < 1.29 is 4.57 Å². The minimum atomic E-state index is 0.847. The van der Waals surface area contributed by atoms with Crippen LogP contribution in [0.5, 0.6) is 0 Å². The van der Waals surface area contributed by atoms with E-state index in [1.807, 2.05) is 0 Å². The highest BCUT2D eigenvalue weighted by Gasteiger charge is 2.19. The van der Waals surface area contributed by atoms with Crippen molar-refractivity contribution >= 4 is 33.0 Å². The Balaban J connectivity index is 1.86. The first-order valence-corrected chi connectivity index (χ1v) is 9.88. The lowest BCUT2D eigenvalue weighted by Crippen LogP contribution is -2.37. The Morgan fingerprint density at radius 1 is 0.893 bits per heavy atom. The topological polar surface area (TPSA) is 34.6 Å². The predicted molar refractivity (Wildman–Crippen MR) is 114 cm³/mol. The highest BCUT2D eigenvalue weighted by Crippen LogP contribution is 2.34. The van der Waals surface area contributed by atoms with Crippen LogP contribution in [0.2, 0.25) is 0 Å². The molecule has 0 aliphatic carbocycles. The number of benzene rings is 2.